The fourth-order valence-corrected chi connectivity index (χ4v) is 5.64. The van der Waals surface area contributed by atoms with Gasteiger partial charge >= 0.3 is 8.56 Å². The number of nitrogens with zero attached hydrogens (tertiary/aromatic N) is 2. The Labute approximate surface area is 130 Å². The maximum atomic E-state index is 6.35. The predicted octanol–water partition coefficient (Wildman–Crippen LogP) is 1.54. The van der Waals surface area contributed by atoms with Crippen molar-refractivity contribution in [2.45, 2.75) is 39.0 Å². The van der Waals surface area contributed by atoms with Gasteiger partial charge in [0.1, 0.15) is 0 Å². The smallest absolute Gasteiger partial charge is 0.335 e. The lowest BCUT2D eigenvalue weighted by Gasteiger charge is -2.39. The third kappa shape index (κ3) is 5.62. The summed E-state index contributed by atoms with van der Waals surface area (Å²) >= 11 is 0. The van der Waals surface area contributed by atoms with Crippen molar-refractivity contribution in [1.82, 2.24) is 9.80 Å². The molecule has 0 saturated carbocycles. The van der Waals surface area contributed by atoms with Crippen molar-refractivity contribution < 1.29 is 13.6 Å². The van der Waals surface area contributed by atoms with Gasteiger partial charge in [-0.25, -0.2) is 0 Å². The van der Waals surface area contributed by atoms with Crippen molar-refractivity contribution in [3.05, 3.63) is 0 Å². The van der Waals surface area contributed by atoms with Crippen LogP contribution in [0, 0.1) is 0 Å². The molecule has 2 aliphatic heterocycles. The van der Waals surface area contributed by atoms with Crippen LogP contribution >= 0.6 is 0 Å². The Morgan fingerprint density at radius 1 is 1.24 bits per heavy atom. The molecule has 0 aromatic rings. The Balaban J connectivity index is 1.88. The minimum Gasteiger partial charge on any atom is -0.393 e. The molecule has 2 unspecified atom stereocenters. The summed E-state index contributed by atoms with van der Waals surface area (Å²) in [6.45, 7) is 15.5. The molecule has 2 atom stereocenters. The van der Waals surface area contributed by atoms with E-state index in [9.17, 15) is 0 Å². The minimum absolute atomic E-state index is 0.180. The summed E-state index contributed by atoms with van der Waals surface area (Å²) in [5.41, 5.74) is 0. The van der Waals surface area contributed by atoms with E-state index < -0.39 is 8.56 Å². The van der Waals surface area contributed by atoms with Crippen LogP contribution in [0.4, 0.5) is 0 Å². The molecule has 2 aliphatic rings. The maximum absolute atomic E-state index is 6.35. The first-order chi connectivity index (χ1) is 10.1. The molecule has 2 heterocycles. The summed E-state index contributed by atoms with van der Waals surface area (Å²) in [6.07, 6.45) is 1.25. The molecular formula is C15H32N2O3Si. The molecule has 0 amide bonds. The molecule has 0 aromatic heterocycles. The van der Waals surface area contributed by atoms with Gasteiger partial charge < -0.3 is 18.5 Å². The van der Waals surface area contributed by atoms with Crippen molar-refractivity contribution in [1.29, 1.82) is 0 Å². The molecule has 5 nitrogen and oxygen atoms in total. The van der Waals surface area contributed by atoms with Gasteiger partial charge in [-0.3, -0.25) is 4.90 Å². The Bertz CT molecular complexity index is 305. The van der Waals surface area contributed by atoms with Crippen LogP contribution < -0.4 is 0 Å². The summed E-state index contributed by atoms with van der Waals surface area (Å²) < 4.78 is 18.2. The van der Waals surface area contributed by atoms with E-state index in [0.717, 1.165) is 64.9 Å². The van der Waals surface area contributed by atoms with E-state index in [4.69, 9.17) is 13.6 Å². The fourth-order valence-electron chi connectivity index (χ4n) is 3.15. The molecule has 0 aromatic carbocycles. The average molecular weight is 317 g/mol. The van der Waals surface area contributed by atoms with Gasteiger partial charge in [-0.1, -0.05) is 13.8 Å². The summed E-state index contributed by atoms with van der Waals surface area (Å²) in [4.78, 5) is 4.94. The third-order valence-electron chi connectivity index (χ3n) is 4.54. The highest BCUT2D eigenvalue weighted by molar-refractivity contribution is 6.66. The average Bonchev–Trinajstić information content (AvgIpc) is 2.43. The molecular weight excluding hydrogens is 284 g/mol. The normalized spacial score (nSPS) is 32.3. The monoisotopic (exact) mass is 316 g/mol. The van der Waals surface area contributed by atoms with Gasteiger partial charge in [0.05, 0.1) is 12.7 Å². The largest absolute Gasteiger partial charge is 0.393 e. The van der Waals surface area contributed by atoms with E-state index in [-0.39, 0.29) is 6.10 Å². The van der Waals surface area contributed by atoms with E-state index >= 15 is 0 Å². The highest BCUT2D eigenvalue weighted by Crippen LogP contribution is 2.22. The maximum Gasteiger partial charge on any atom is 0.335 e. The molecule has 124 valence electrons. The second kappa shape index (κ2) is 8.60. The van der Waals surface area contributed by atoms with Gasteiger partial charge in [0.2, 0.25) is 0 Å². The molecule has 2 fully saturated rings. The fraction of sp³-hybridized carbons (Fsp3) is 1.00. The summed E-state index contributed by atoms with van der Waals surface area (Å²) in [6, 6.07) is 1.06. The quantitative estimate of drug-likeness (QED) is 0.719. The molecule has 2 bridgehead atoms. The zero-order valence-electron chi connectivity index (χ0n) is 14.0. The molecule has 2 saturated heterocycles. The van der Waals surface area contributed by atoms with E-state index in [2.05, 4.69) is 30.2 Å². The second-order valence-electron chi connectivity index (χ2n) is 6.23. The van der Waals surface area contributed by atoms with Gasteiger partial charge in [-0.2, -0.15) is 0 Å². The van der Waals surface area contributed by atoms with E-state index in [1.165, 1.54) is 0 Å². The van der Waals surface area contributed by atoms with Crippen molar-refractivity contribution >= 4 is 8.56 Å². The Morgan fingerprint density at radius 3 is 2.81 bits per heavy atom. The molecule has 0 aliphatic carbocycles. The van der Waals surface area contributed by atoms with E-state index in [0.29, 0.717) is 6.61 Å². The first-order valence-electron chi connectivity index (χ1n) is 8.49. The number of hydrogen-bond acceptors (Lipinski definition) is 5. The Morgan fingerprint density at radius 2 is 2.05 bits per heavy atom. The first-order valence-corrected chi connectivity index (χ1v) is 11.0. The van der Waals surface area contributed by atoms with Crippen molar-refractivity contribution in [2.24, 2.45) is 0 Å². The standard InChI is InChI=1S/C15H32N2O3Si/c1-4-16(5-2)7-8-17-9-11-19-21(3)12-6-10-18-14-15(13-17)20-21/h15H,4-14H2,1-3H3. The lowest BCUT2D eigenvalue weighted by atomic mass is 10.3. The molecule has 21 heavy (non-hydrogen) atoms. The summed E-state index contributed by atoms with van der Waals surface area (Å²) in [5, 5.41) is 0. The lowest BCUT2D eigenvalue weighted by molar-refractivity contribution is -0.0202. The van der Waals surface area contributed by atoms with Crippen molar-refractivity contribution in [3.8, 4) is 0 Å². The van der Waals surface area contributed by atoms with E-state index in [1.54, 1.807) is 0 Å². The Kier molecular flexibility index (Phi) is 7.11. The number of hydrogen-bond donors (Lipinski definition) is 0. The van der Waals surface area contributed by atoms with Gasteiger partial charge in [0.25, 0.3) is 0 Å². The van der Waals surface area contributed by atoms with Gasteiger partial charge in [0.15, 0.2) is 0 Å². The van der Waals surface area contributed by atoms with Gasteiger partial charge in [0, 0.05) is 39.4 Å². The van der Waals surface area contributed by atoms with Crippen LogP contribution in [-0.4, -0.2) is 83.6 Å². The van der Waals surface area contributed by atoms with Gasteiger partial charge in [-0.05, 0) is 32.1 Å². The zero-order chi connectivity index (χ0) is 15.1. The number of ether oxygens (including phenoxy) is 1. The van der Waals surface area contributed by atoms with Crippen LogP contribution in [0.15, 0.2) is 0 Å². The number of rotatable bonds is 5. The highest BCUT2D eigenvalue weighted by Gasteiger charge is 2.37. The van der Waals surface area contributed by atoms with Crippen LogP contribution in [0.3, 0.4) is 0 Å². The molecule has 0 N–H and O–H groups in total. The van der Waals surface area contributed by atoms with Crippen LogP contribution in [0.25, 0.3) is 0 Å². The third-order valence-corrected chi connectivity index (χ3v) is 7.45. The van der Waals surface area contributed by atoms with E-state index in [1.807, 2.05) is 0 Å². The lowest BCUT2D eigenvalue weighted by Crippen LogP contribution is -2.53. The molecule has 0 radical (unpaired) electrons. The van der Waals surface area contributed by atoms with Crippen molar-refractivity contribution in [3.63, 3.8) is 0 Å². The topological polar surface area (TPSA) is 34.2 Å². The second-order valence-corrected chi connectivity index (χ2v) is 9.52. The number of likely N-dealkylation sites (N-methyl/N-ethyl adjacent to an activating group) is 1. The zero-order valence-corrected chi connectivity index (χ0v) is 15.0. The van der Waals surface area contributed by atoms with Crippen LogP contribution in [0.1, 0.15) is 20.3 Å². The first kappa shape index (κ1) is 17.4. The van der Waals surface area contributed by atoms with Crippen LogP contribution in [0.2, 0.25) is 12.6 Å². The van der Waals surface area contributed by atoms with Crippen LogP contribution in [0.5, 0.6) is 0 Å². The summed E-state index contributed by atoms with van der Waals surface area (Å²) in [5.74, 6) is 0. The molecule has 2 rings (SSSR count). The number of fused-ring (bicyclic) bond motifs is 2. The van der Waals surface area contributed by atoms with Crippen molar-refractivity contribution in [2.75, 3.05) is 59.1 Å². The van der Waals surface area contributed by atoms with Gasteiger partial charge in [-0.15, -0.1) is 0 Å². The Hall–Kier alpha value is 0.0169. The minimum atomic E-state index is -1.96. The predicted molar refractivity (Wildman–Crippen MR) is 86.9 cm³/mol. The highest BCUT2D eigenvalue weighted by atomic mass is 28.4. The molecule has 0 spiro atoms. The summed E-state index contributed by atoms with van der Waals surface area (Å²) in [7, 11) is -1.96. The SMILES string of the molecule is CCN(CC)CCN1CCO[Si]2(C)CCCOCC(C1)O2. The van der Waals surface area contributed by atoms with Crippen LogP contribution in [-0.2, 0) is 13.6 Å². The molecule has 6 heteroatoms.